The first kappa shape index (κ1) is 20.5. The summed E-state index contributed by atoms with van der Waals surface area (Å²) in [6.45, 7) is 3.45. The summed E-state index contributed by atoms with van der Waals surface area (Å²) >= 11 is 0. The molecule has 1 unspecified atom stereocenters. The predicted molar refractivity (Wildman–Crippen MR) is 112 cm³/mol. The summed E-state index contributed by atoms with van der Waals surface area (Å²) in [5.41, 5.74) is 2.50. The molecule has 29 heavy (non-hydrogen) atoms. The van der Waals surface area contributed by atoms with Gasteiger partial charge in [-0.05, 0) is 43.7 Å². The van der Waals surface area contributed by atoms with Crippen LogP contribution >= 0.6 is 0 Å². The van der Waals surface area contributed by atoms with Gasteiger partial charge in [-0.25, -0.2) is 18.6 Å². The van der Waals surface area contributed by atoms with Gasteiger partial charge in [0.15, 0.2) is 6.10 Å². The molecule has 0 bridgehead atoms. The molecule has 1 atom stereocenters. The Morgan fingerprint density at radius 1 is 1.28 bits per heavy atom. The van der Waals surface area contributed by atoms with Crippen LogP contribution < -0.4 is 10.1 Å². The number of hydrogen-bond donors (Lipinski definition) is 1. The molecule has 0 aliphatic heterocycles. The monoisotopic (exact) mass is 413 g/mol. The fourth-order valence-corrected chi connectivity index (χ4v) is 3.43. The Morgan fingerprint density at radius 2 is 2.03 bits per heavy atom. The topological polar surface area (TPSA) is 100 Å². The van der Waals surface area contributed by atoms with Gasteiger partial charge in [-0.1, -0.05) is 0 Å². The molecule has 0 radical (unpaired) electrons. The first-order valence-electron chi connectivity index (χ1n) is 8.71. The SMILES string of the molecule is Cc1cc(N=S(C)(C)=O)cc2ncnc(Nc3ccc(F)cc3OC(C)C#N)c12. The van der Waals surface area contributed by atoms with Crippen molar-refractivity contribution in [1.82, 2.24) is 9.97 Å². The minimum Gasteiger partial charge on any atom is -0.474 e. The average Bonchev–Trinajstić information content (AvgIpc) is 2.62. The zero-order valence-electron chi connectivity index (χ0n) is 16.4. The first-order chi connectivity index (χ1) is 13.7. The Labute approximate surface area is 168 Å². The zero-order chi connectivity index (χ0) is 21.2. The molecule has 0 aliphatic carbocycles. The van der Waals surface area contributed by atoms with E-state index in [1.807, 2.05) is 19.1 Å². The molecule has 3 aromatic rings. The predicted octanol–water partition coefficient (Wildman–Crippen LogP) is 4.47. The molecule has 0 saturated carbocycles. The number of anilines is 2. The molecule has 150 valence electrons. The molecule has 3 rings (SSSR count). The molecule has 0 amide bonds. The van der Waals surface area contributed by atoms with E-state index in [0.717, 1.165) is 10.9 Å². The Hall–Kier alpha value is -3.25. The number of nitriles is 1. The van der Waals surface area contributed by atoms with Gasteiger partial charge in [0.25, 0.3) is 0 Å². The van der Waals surface area contributed by atoms with Gasteiger partial charge in [-0.2, -0.15) is 9.62 Å². The number of fused-ring (bicyclic) bond motifs is 1. The second-order valence-electron chi connectivity index (χ2n) is 6.81. The van der Waals surface area contributed by atoms with Crippen molar-refractivity contribution in [3.05, 3.63) is 48.0 Å². The number of benzene rings is 2. The Morgan fingerprint density at radius 3 is 2.72 bits per heavy atom. The Kier molecular flexibility index (Phi) is 5.66. The summed E-state index contributed by atoms with van der Waals surface area (Å²) in [4.78, 5) is 8.60. The van der Waals surface area contributed by atoms with Crippen molar-refractivity contribution in [2.24, 2.45) is 4.36 Å². The van der Waals surface area contributed by atoms with Crippen molar-refractivity contribution < 1.29 is 13.3 Å². The maximum Gasteiger partial charge on any atom is 0.181 e. The molecule has 9 heteroatoms. The summed E-state index contributed by atoms with van der Waals surface area (Å²) in [5.74, 6) is 0.217. The largest absolute Gasteiger partial charge is 0.474 e. The lowest BCUT2D eigenvalue weighted by Crippen LogP contribution is -2.10. The van der Waals surface area contributed by atoms with Crippen LogP contribution in [0.25, 0.3) is 10.9 Å². The summed E-state index contributed by atoms with van der Waals surface area (Å²) in [5, 5.41) is 12.9. The second-order valence-corrected chi connectivity index (χ2v) is 9.35. The molecular formula is C20H20FN5O2S. The van der Waals surface area contributed by atoms with Crippen LogP contribution in [0.15, 0.2) is 41.0 Å². The normalized spacial score (nSPS) is 12.3. The Bertz CT molecular complexity index is 1240. The van der Waals surface area contributed by atoms with Crippen molar-refractivity contribution in [1.29, 1.82) is 5.26 Å². The highest BCUT2D eigenvalue weighted by Gasteiger charge is 2.14. The van der Waals surface area contributed by atoms with E-state index < -0.39 is 21.7 Å². The van der Waals surface area contributed by atoms with E-state index >= 15 is 0 Å². The summed E-state index contributed by atoms with van der Waals surface area (Å²) in [6.07, 6.45) is 3.78. The van der Waals surface area contributed by atoms with Crippen molar-refractivity contribution in [2.45, 2.75) is 20.0 Å². The fraction of sp³-hybridized carbons (Fsp3) is 0.250. The summed E-state index contributed by atoms with van der Waals surface area (Å²) in [6, 6.07) is 9.52. The highest BCUT2D eigenvalue weighted by atomic mass is 32.2. The number of hydrogen-bond acceptors (Lipinski definition) is 7. The van der Waals surface area contributed by atoms with Crippen LogP contribution in [0.2, 0.25) is 0 Å². The highest BCUT2D eigenvalue weighted by Crippen LogP contribution is 2.34. The van der Waals surface area contributed by atoms with E-state index in [-0.39, 0.29) is 5.75 Å². The van der Waals surface area contributed by atoms with Crippen LogP contribution in [0, 0.1) is 24.1 Å². The van der Waals surface area contributed by atoms with Gasteiger partial charge < -0.3 is 10.1 Å². The van der Waals surface area contributed by atoms with E-state index in [9.17, 15) is 8.60 Å². The average molecular weight is 413 g/mol. The third-order valence-electron chi connectivity index (χ3n) is 3.93. The smallest absolute Gasteiger partial charge is 0.181 e. The van der Waals surface area contributed by atoms with Gasteiger partial charge in [0, 0.05) is 33.7 Å². The van der Waals surface area contributed by atoms with Crippen LogP contribution in [0.4, 0.5) is 21.6 Å². The van der Waals surface area contributed by atoms with Gasteiger partial charge in [0.05, 0.1) is 16.9 Å². The van der Waals surface area contributed by atoms with E-state index in [2.05, 4.69) is 19.6 Å². The van der Waals surface area contributed by atoms with Gasteiger partial charge in [-0.15, -0.1) is 0 Å². The summed E-state index contributed by atoms with van der Waals surface area (Å²) in [7, 11) is -2.31. The maximum atomic E-state index is 13.7. The minimum absolute atomic E-state index is 0.201. The van der Waals surface area contributed by atoms with Crippen molar-refractivity contribution >= 4 is 37.8 Å². The number of rotatable bonds is 5. The van der Waals surface area contributed by atoms with Crippen LogP contribution in [0.3, 0.4) is 0 Å². The van der Waals surface area contributed by atoms with Crippen LogP contribution in [0.1, 0.15) is 12.5 Å². The molecule has 2 aromatic carbocycles. The standard InChI is InChI=1S/C20H20FN5O2S/c1-12-7-15(26-29(3,4)27)9-17-19(12)20(24-11-23-17)25-16-6-5-14(21)8-18(16)28-13(2)10-22/h5-9,11,13H,1-4H3,(H,23,24,25). The highest BCUT2D eigenvalue weighted by molar-refractivity contribution is 7.92. The molecule has 1 aromatic heterocycles. The molecule has 7 nitrogen and oxygen atoms in total. The van der Waals surface area contributed by atoms with Crippen LogP contribution in [-0.2, 0) is 9.73 Å². The zero-order valence-corrected chi connectivity index (χ0v) is 17.2. The molecule has 1 heterocycles. The second kappa shape index (κ2) is 8.01. The van der Waals surface area contributed by atoms with Gasteiger partial charge >= 0.3 is 0 Å². The maximum absolute atomic E-state index is 13.7. The van der Waals surface area contributed by atoms with E-state index in [4.69, 9.17) is 10.00 Å². The van der Waals surface area contributed by atoms with Crippen LogP contribution in [-0.4, -0.2) is 32.8 Å². The minimum atomic E-state index is -2.31. The molecule has 0 saturated heterocycles. The number of nitrogens with one attached hydrogen (secondary N) is 1. The lowest BCUT2D eigenvalue weighted by Gasteiger charge is -2.16. The van der Waals surface area contributed by atoms with Crippen molar-refractivity contribution in [3.63, 3.8) is 0 Å². The number of aryl methyl sites for hydroxylation is 1. The van der Waals surface area contributed by atoms with Crippen molar-refractivity contribution in [2.75, 3.05) is 17.8 Å². The third-order valence-corrected chi connectivity index (χ3v) is 4.58. The van der Waals surface area contributed by atoms with E-state index in [0.29, 0.717) is 22.7 Å². The van der Waals surface area contributed by atoms with Gasteiger partial charge in [0.1, 0.15) is 29.8 Å². The first-order valence-corrected chi connectivity index (χ1v) is 11.0. The van der Waals surface area contributed by atoms with E-state index in [1.54, 1.807) is 25.5 Å². The van der Waals surface area contributed by atoms with Crippen molar-refractivity contribution in [3.8, 4) is 11.8 Å². The van der Waals surface area contributed by atoms with Gasteiger partial charge in [0.2, 0.25) is 0 Å². The number of halogens is 1. The molecule has 1 N–H and O–H groups in total. The fourth-order valence-electron chi connectivity index (χ4n) is 2.82. The molecule has 0 aliphatic rings. The van der Waals surface area contributed by atoms with Crippen LogP contribution in [0.5, 0.6) is 5.75 Å². The van der Waals surface area contributed by atoms with Gasteiger partial charge in [-0.3, -0.25) is 0 Å². The molecule has 0 fully saturated rings. The lowest BCUT2D eigenvalue weighted by molar-refractivity contribution is 0.276. The molecular weight excluding hydrogens is 393 g/mol. The third kappa shape index (κ3) is 4.97. The Balaban J connectivity index is 2.09. The molecule has 0 spiro atoms. The quantitative estimate of drug-likeness (QED) is 0.662. The number of nitrogens with zero attached hydrogens (tertiary/aromatic N) is 4. The number of aromatic nitrogens is 2. The lowest BCUT2D eigenvalue weighted by atomic mass is 10.1. The van der Waals surface area contributed by atoms with E-state index in [1.165, 1.54) is 24.5 Å². The number of ether oxygens (including phenoxy) is 1. The summed E-state index contributed by atoms with van der Waals surface area (Å²) < 4.78 is 35.4.